The molecule has 0 unspecified atom stereocenters. The number of aromatic nitrogens is 2. The van der Waals surface area contributed by atoms with Crippen LogP contribution >= 0.6 is 0 Å². The number of rotatable bonds is 1. The van der Waals surface area contributed by atoms with Crippen LogP contribution in [0.5, 0.6) is 0 Å². The quantitative estimate of drug-likeness (QED) is 0.714. The van der Waals surface area contributed by atoms with Crippen molar-refractivity contribution in [2.75, 3.05) is 17.3 Å². The van der Waals surface area contributed by atoms with Crippen molar-refractivity contribution in [3.05, 3.63) is 70.9 Å². The number of carbonyl (C=O) groups is 2. The summed E-state index contributed by atoms with van der Waals surface area (Å²) in [5, 5.41) is 7.51. The largest absolute Gasteiger partial charge is 0.314 e. The van der Waals surface area contributed by atoms with Crippen molar-refractivity contribution in [3.63, 3.8) is 0 Å². The van der Waals surface area contributed by atoms with Crippen molar-refractivity contribution in [1.29, 1.82) is 0 Å². The average molecular weight is 372 g/mol. The lowest BCUT2D eigenvalue weighted by atomic mass is 9.72. The van der Waals surface area contributed by atoms with Crippen LogP contribution in [-0.4, -0.2) is 28.6 Å². The molecular formula is C22H20N4O2. The predicted molar refractivity (Wildman–Crippen MR) is 107 cm³/mol. The van der Waals surface area contributed by atoms with Gasteiger partial charge in [-0.05, 0) is 48.7 Å². The highest BCUT2D eigenvalue weighted by Gasteiger charge is 2.56. The fourth-order valence-electron chi connectivity index (χ4n) is 4.42. The van der Waals surface area contributed by atoms with Gasteiger partial charge in [-0.2, -0.15) is 5.10 Å². The second kappa shape index (κ2) is 5.55. The normalized spacial score (nSPS) is 20.3. The fraction of sp³-hybridized carbons (Fsp3) is 0.227. The molecule has 1 spiro atoms. The molecule has 0 bridgehead atoms. The lowest BCUT2D eigenvalue weighted by Gasteiger charge is -2.32. The van der Waals surface area contributed by atoms with Crippen molar-refractivity contribution < 1.29 is 9.59 Å². The summed E-state index contributed by atoms with van der Waals surface area (Å²) in [5.74, 6) is 0.291. The summed E-state index contributed by atoms with van der Waals surface area (Å²) in [6.45, 7) is 4.10. The molecule has 2 aliphatic rings. The number of nitrogens with one attached hydrogen (secondary N) is 1. The maximum absolute atomic E-state index is 13.4. The minimum absolute atomic E-state index is 0.0821. The number of fused-ring (bicyclic) bond motifs is 4. The van der Waals surface area contributed by atoms with E-state index in [1.54, 1.807) is 22.8 Å². The first-order valence-corrected chi connectivity index (χ1v) is 9.27. The first kappa shape index (κ1) is 16.7. The number of anilines is 2. The van der Waals surface area contributed by atoms with E-state index in [0.717, 1.165) is 28.1 Å². The molecule has 0 fully saturated rings. The SMILES string of the molecule is Cc1ccc(-n2ncc3c2NC(=O)C[C@@]32C(=O)N(C)c3ccccc32)cc1C. The molecule has 2 aromatic carbocycles. The fourth-order valence-corrected chi connectivity index (χ4v) is 4.42. The van der Waals surface area contributed by atoms with Crippen LogP contribution in [0.15, 0.2) is 48.7 Å². The van der Waals surface area contributed by atoms with Crippen molar-refractivity contribution in [1.82, 2.24) is 9.78 Å². The zero-order valence-corrected chi connectivity index (χ0v) is 16.0. The van der Waals surface area contributed by atoms with Crippen LogP contribution in [0, 0.1) is 13.8 Å². The second-order valence-electron chi connectivity index (χ2n) is 7.60. The van der Waals surface area contributed by atoms with Gasteiger partial charge < -0.3 is 10.2 Å². The van der Waals surface area contributed by atoms with Gasteiger partial charge in [-0.1, -0.05) is 24.3 Å². The molecule has 5 rings (SSSR count). The van der Waals surface area contributed by atoms with Gasteiger partial charge in [0.25, 0.3) is 0 Å². The number of amides is 2. The molecule has 1 N–H and O–H groups in total. The van der Waals surface area contributed by atoms with Gasteiger partial charge in [0.1, 0.15) is 11.2 Å². The molecule has 1 aromatic heterocycles. The Labute approximate surface area is 162 Å². The summed E-state index contributed by atoms with van der Waals surface area (Å²) in [6, 6.07) is 13.7. The lowest BCUT2D eigenvalue weighted by molar-refractivity contribution is -0.126. The number of para-hydroxylation sites is 1. The Kier molecular flexibility index (Phi) is 3.32. The third-order valence-electron chi connectivity index (χ3n) is 6.04. The number of carbonyl (C=O) groups excluding carboxylic acids is 2. The molecule has 0 saturated carbocycles. The molecule has 2 amide bonds. The summed E-state index contributed by atoms with van der Waals surface area (Å²) >= 11 is 0. The van der Waals surface area contributed by atoms with Gasteiger partial charge >= 0.3 is 0 Å². The van der Waals surface area contributed by atoms with Crippen LogP contribution in [-0.2, 0) is 15.0 Å². The molecule has 1 atom stereocenters. The molecule has 2 aliphatic heterocycles. The van der Waals surface area contributed by atoms with E-state index in [4.69, 9.17) is 0 Å². The molecule has 6 heteroatoms. The first-order chi connectivity index (χ1) is 13.4. The first-order valence-electron chi connectivity index (χ1n) is 9.27. The molecule has 3 heterocycles. The Hall–Kier alpha value is -3.41. The van der Waals surface area contributed by atoms with Crippen molar-refractivity contribution >= 4 is 23.3 Å². The molecule has 0 radical (unpaired) electrons. The number of likely N-dealkylation sites (N-methyl/N-ethyl adjacent to an activating group) is 1. The van der Waals surface area contributed by atoms with Gasteiger partial charge in [-0.15, -0.1) is 0 Å². The minimum atomic E-state index is -1.03. The number of benzene rings is 2. The summed E-state index contributed by atoms with van der Waals surface area (Å²) in [4.78, 5) is 27.8. The van der Waals surface area contributed by atoms with Gasteiger partial charge in [-0.25, -0.2) is 4.68 Å². The van der Waals surface area contributed by atoms with Gasteiger partial charge in [0.15, 0.2) is 0 Å². The Morgan fingerprint density at radius 3 is 2.61 bits per heavy atom. The van der Waals surface area contributed by atoms with Crippen molar-refractivity contribution in [3.8, 4) is 5.69 Å². The van der Waals surface area contributed by atoms with E-state index in [1.165, 1.54) is 5.56 Å². The van der Waals surface area contributed by atoms with Crippen LogP contribution in [0.3, 0.4) is 0 Å². The highest BCUT2D eigenvalue weighted by atomic mass is 16.2. The highest BCUT2D eigenvalue weighted by molar-refractivity contribution is 6.15. The Bertz CT molecular complexity index is 1160. The zero-order valence-electron chi connectivity index (χ0n) is 16.0. The second-order valence-corrected chi connectivity index (χ2v) is 7.60. The molecule has 0 aliphatic carbocycles. The maximum Gasteiger partial charge on any atom is 0.242 e. The third-order valence-corrected chi connectivity index (χ3v) is 6.04. The van der Waals surface area contributed by atoms with Gasteiger partial charge in [0.05, 0.1) is 11.9 Å². The van der Waals surface area contributed by atoms with Crippen molar-refractivity contribution in [2.24, 2.45) is 0 Å². The molecule has 6 nitrogen and oxygen atoms in total. The summed E-state index contributed by atoms with van der Waals surface area (Å²) < 4.78 is 1.72. The zero-order chi connectivity index (χ0) is 19.6. The summed E-state index contributed by atoms with van der Waals surface area (Å²) in [6.07, 6.45) is 1.80. The lowest BCUT2D eigenvalue weighted by Crippen LogP contribution is -2.45. The standard InChI is InChI=1S/C22H20N4O2/c1-13-8-9-15(10-14(13)2)26-20-17(12-23-26)22(11-19(27)24-20)16-6-4-5-7-18(16)25(3)21(22)28/h4-10,12H,11H2,1-3H3,(H,24,27)/t22-/m0/s1. The minimum Gasteiger partial charge on any atom is -0.314 e. The number of nitrogens with zero attached hydrogens (tertiary/aromatic N) is 3. The summed E-state index contributed by atoms with van der Waals surface area (Å²) in [5.41, 5.74) is 4.60. The predicted octanol–water partition coefficient (Wildman–Crippen LogP) is 3.09. The molecule has 140 valence electrons. The molecule has 3 aromatic rings. The molecule has 28 heavy (non-hydrogen) atoms. The van der Waals surface area contributed by atoms with Crippen LogP contribution in [0.25, 0.3) is 5.69 Å². The topological polar surface area (TPSA) is 67.2 Å². The van der Waals surface area contributed by atoms with Crippen LogP contribution < -0.4 is 10.2 Å². The van der Waals surface area contributed by atoms with E-state index in [9.17, 15) is 9.59 Å². The van der Waals surface area contributed by atoms with E-state index in [2.05, 4.69) is 17.3 Å². The Balaban J connectivity index is 1.77. The van der Waals surface area contributed by atoms with E-state index in [0.29, 0.717) is 5.82 Å². The van der Waals surface area contributed by atoms with Gasteiger partial charge in [0.2, 0.25) is 11.8 Å². The van der Waals surface area contributed by atoms with E-state index >= 15 is 0 Å². The van der Waals surface area contributed by atoms with Crippen molar-refractivity contribution in [2.45, 2.75) is 25.7 Å². The highest BCUT2D eigenvalue weighted by Crippen LogP contribution is 2.51. The Morgan fingerprint density at radius 2 is 1.82 bits per heavy atom. The number of hydrogen-bond acceptors (Lipinski definition) is 3. The van der Waals surface area contributed by atoms with Gasteiger partial charge in [0, 0.05) is 24.7 Å². The van der Waals surface area contributed by atoms with E-state index < -0.39 is 5.41 Å². The van der Waals surface area contributed by atoms with Gasteiger partial charge in [-0.3, -0.25) is 9.59 Å². The van der Waals surface area contributed by atoms with E-state index in [-0.39, 0.29) is 18.2 Å². The smallest absolute Gasteiger partial charge is 0.242 e. The average Bonchev–Trinajstić information content (AvgIpc) is 3.19. The third kappa shape index (κ3) is 2.00. The molecule has 0 saturated heterocycles. The maximum atomic E-state index is 13.4. The number of hydrogen-bond donors (Lipinski definition) is 1. The Morgan fingerprint density at radius 1 is 1.04 bits per heavy atom. The molecular weight excluding hydrogens is 352 g/mol. The summed E-state index contributed by atoms with van der Waals surface area (Å²) in [7, 11) is 1.76. The monoisotopic (exact) mass is 372 g/mol. The number of aryl methyl sites for hydroxylation is 2. The van der Waals surface area contributed by atoms with E-state index in [1.807, 2.05) is 49.4 Å². The van der Waals surface area contributed by atoms with Crippen LogP contribution in [0.4, 0.5) is 11.5 Å². The van der Waals surface area contributed by atoms with Crippen LogP contribution in [0.2, 0.25) is 0 Å². The van der Waals surface area contributed by atoms with Crippen LogP contribution in [0.1, 0.15) is 28.7 Å².